The van der Waals surface area contributed by atoms with Crippen LogP contribution in [0.1, 0.15) is 10.4 Å². The van der Waals surface area contributed by atoms with Gasteiger partial charge in [0.05, 0.1) is 5.39 Å². The van der Waals surface area contributed by atoms with Crippen molar-refractivity contribution in [3.63, 3.8) is 0 Å². The third-order valence-electron chi connectivity index (χ3n) is 2.65. The molecule has 2 aromatic rings. The lowest BCUT2D eigenvalue weighted by molar-refractivity contribution is -0.140. The van der Waals surface area contributed by atoms with Crippen molar-refractivity contribution in [1.82, 2.24) is 14.9 Å². The Morgan fingerprint density at radius 3 is 2.75 bits per heavy atom. The van der Waals surface area contributed by atoms with Crippen molar-refractivity contribution in [3.05, 3.63) is 40.3 Å². The average Bonchev–Trinajstić information content (AvgIpc) is 2.40. The zero-order valence-corrected chi connectivity index (χ0v) is 10.4. The van der Waals surface area contributed by atoms with Gasteiger partial charge < -0.3 is 9.88 Å². The fourth-order valence-electron chi connectivity index (χ4n) is 1.83. The summed E-state index contributed by atoms with van der Waals surface area (Å²) >= 11 is 0. The standard InChI is InChI=1S/C12H10F3N3O2/c1-16-11(20)8-5-18(6-12(13,14)15)10-7(9(8)19)3-2-4-17-10/h2-5H,6H2,1H3,(H,16,20). The lowest BCUT2D eigenvalue weighted by Gasteiger charge is -2.13. The zero-order chi connectivity index (χ0) is 14.9. The molecule has 0 unspecified atom stereocenters. The minimum absolute atomic E-state index is 0.0298. The van der Waals surface area contributed by atoms with E-state index in [1.165, 1.54) is 25.4 Å². The van der Waals surface area contributed by atoms with Gasteiger partial charge in [0, 0.05) is 19.4 Å². The number of alkyl halides is 3. The second-order valence-corrected chi connectivity index (χ2v) is 4.07. The Labute approximate surface area is 111 Å². The molecule has 0 aliphatic heterocycles. The van der Waals surface area contributed by atoms with Gasteiger partial charge in [-0.2, -0.15) is 13.2 Å². The van der Waals surface area contributed by atoms with E-state index in [9.17, 15) is 22.8 Å². The molecule has 0 aromatic carbocycles. The van der Waals surface area contributed by atoms with Crippen molar-refractivity contribution in [2.24, 2.45) is 0 Å². The number of rotatable bonds is 2. The molecule has 0 fully saturated rings. The Hall–Kier alpha value is -2.38. The van der Waals surface area contributed by atoms with Crippen molar-refractivity contribution in [1.29, 1.82) is 0 Å². The number of fused-ring (bicyclic) bond motifs is 1. The van der Waals surface area contributed by atoms with Gasteiger partial charge >= 0.3 is 6.18 Å². The van der Waals surface area contributed by atoms with E-state index in [1.807, 2.05) is 0 Å². The molecule has 1 N–H and O–H groups in total. The van der Waals surface area contributed by atoms with Gasteiger partial charge in [0.2, 0.25) is 5.43 Å². The number of pyridine rings is 2. The van der Waals surface area contributed by atoms with E-state index in [1.54, 1.807) is 0 Å². The van der Waals surface area contributed by atoms with Crippen LogP contribution in [0.3, 0.4) is 0 Å². The van der Waals surface area contributed by atoms with Gasteiger partial charge in [0.15, 0.2) is 0 Å². The number of amides is 1. The number of nitrogens with zero attached hydrogens (tertiary/aromatic N) is 2. The maximum Gasteiger partial charge on any atom is 0.406 e. The molecular weight excluding hydrogens is 275 g/mol. The smallest absolute Gasteiger partial charge is 0.355 e. The monoisotopic (exact) mass is 285 g/mol. The first kappa shape index (κ1) is 14.0. The number of carbonyl (C=O) groups excluding carboxylic acids is 1. The minimum Gasteiger partial charge on any atom is -0.355 e. The van der Waals surface area contributed by atoms with E-state index in [2.05, 4.69) is 10.3 Å². The minimum atomic E-state index is -4.49. The molecular formula is C12H10F3N3O2. The second-order valence-electron chi connectivity index (χ2n) is 4.07. The van der Waals surface area contributed by atoms with Gasteiger partial charge in [-0.1, -0.05) is 0 Å². The Kier molecular flexibility index (Phi) is 3.47. The summed E-state index contributed by atoms with van der Waals surface area (Å²) in [7, 11) is 1.29. The molecule has 1 amide bonds. The van der Waals surface area contributed by atoms with Crippen LogP contribution in [0.2, 0.25) is 0 Å². The molecule has 0 bridgehead atoms. The molecule has 8 heteroatoms. The molecule has 5 nitrogen and oxygen atoms in total. The number of carbonyl (C=O) groups is 1. The van der Waals surface area contributed by atoms with E-state index in [-0.39, 0.29) is 16.6 Å². The summed E-state index contributed by atoms with van der Waals surface area (Å²) in [5, 5.41) is 2.19. The van der Waals surface area contributed by atoms with E-state index in [0.29, 0.717) is 0 Å². The van der Waals surface area contributed by atoms with Gasteiger partial charge in [-0.3, -0.25) is 9.59 Å². The molecule has 2 aromatic heterocycles. The topological polar surface area (TPSA) is 64.0 Å². The third-order valence-corrected chi connectivity index (χ3v) is 2.65. The highest BCUT2D eigenvalue weighted by Gasteiger charge is 2.29. The Morgan fingerprint density at radius 2 is 2.15 bits per heavy atom. The average molecular weight is 285 g/mol. The fourth-order valence-corrected chi connectivity index (χ4v) is 1.83. The first-order valence-corrected chi connectivity index (χ1v) is 5.60. The van der Waals surface area contributed by atoms with Crippen molar-refractivity contribution in [2.75, 3.05) is 7.05 Å². The van der Waals surface area contributed by atoms with Crippen LogP contribution in [0.4, 0.5) is 13.2 Å². The summed E-state index contributed by atoms with van der Waals surface area (Å²) in [6.45, 7) is -1.33. The summed E-state index contributed by atoms with van der Waals surface area (Å²) in [6, 6.07) is 2.76. The maximum atomic E-state index is 12.6. The Balaban J connectivity index is 2.76. The van der Waals surface area contributed by atoms with Gasteiger partial charge in [-0.15, -0.1) is 0 Å². The summed E-state index contributed by atoms with van der Waals surface area (Å²) in [5.41, 5.74) is -1.11. The van der Waals surface area contributed by atoms with Crippen molar-refractivity contribution < 1.29 is 18.0 Å². The highest BCUT2D eigenvalue weighted by molar-refractivity contribution is 5.96. The van der Waals surface area contributed by atoms with Gasteiger partial charge in [0.1, 0.15) is 17.8 Å². The normalized spacial score (nSPS) is 11.6. The summed E-state index contributed by atoms with van der Waals surface area (Å²) < 4.78 is 38.4. The van der Waals surface area contributed by atoms with Crippen LogP contribution in [0.5, 0.6) is 0 Å². The number of aromatic nitrogens is 2. The van der Waals surface area contributed by atoms with Crippen molar-refractivity contribution in [2.45, 2.75) is 12.7 Å². The molecule has 2 rings (SSSR count). The first-order chi connectivity index (χ1) is 9.33. The number of hydrogen-bond acceptors (Lipinski definition) is 3. The number of nitrogens with one attached hydrogen (secondary N) is 1. The molecule has 0 spiro atoms. The summed E-state index contributed by atoms with van der Waals surface area (Å²) in [6.07, 6.45) is -2.32. The zero-order valence-electron chi connectivity index (χ0n) is 10.4. The van der Waals surface area contributed by atoms with E-state index >= 15 is 0 Å². The van der Waals surface area contributed by atoms with E-state index in [0.717, 1.165) is 10.8 Å². The van der Waals surface area contributed by atoms with Gasteiger partial charge in [0.25, 0.3) is 5.91 Å². The number of hydrogen-bond donors (Lipinski definition) is 1. The summed E-state index contributed by atoms with van der Waals surface area (Å²) in [4.78, 5) is 27.4. The van der Waals surface area contributed by atoms with Crippen LogP contribution < -0.4 is 10.7 Å². The van der Waals surface area contributed by atoms with Crippen LogP contribution in [-0.4, -0.2) is 28.7 Å². The maximum absolute atomic E-state index is 12.6. The van der Waals surface area contributed by atoms with Gasteiger partial charge in [-0.25, -0.2) is 4.98 Å². The fraction of sp³-hybridized carbons (Fsp3) is 0.250. The summed E-state index contributed by atoms with van der Waals surface area (Å²) in [5.74, 6) is -0.739. The Morgan fingerprint density at radius 1 is 1.45 bits per heavy atom. The highest BCUT2D eigenvalue weighted by atomic mass is 19.4. The van der Waals surface area contributed by atoms with E-state index < -0.39 is 24.1 Å². The van der Waals surface area contributed by atoms with Crippen LogP contribution in [-0.2, 0) is 6.54 Å². The van der Waals surface area contributed by atoms with Crippen molar-refractivity contribution >= 4 is 16.9 Å². The molecule has 0 radical (unpaired) electrons. The molecule has 0 saturated carbocycles. The van der Waals surface area contributed by atoms with Crippen LogP contribution in [0, 0.1) is 0 Å². The lowest BCUT2D eigenvalue weighted by Crippen LogP contribution is -2.29. The van der Waals surface area contributed by atoms with Gasteiger partial charge in [-0.05, 0) is 12.1 Å². The Bertz CT molecular complexity index is 722. The quantitative estimate of drug-likeness (QED) is 0.905. The predicted octanol–water partition coefficient (Wildman–Crippen LogP) is 1.32. The largest absolute Gasteiger partial charge is 0.406 e. The molecule has 0 saturated heterocycles. The molecule has 0 aliphatic carbocycles. The second kappa shape index (κ2) is 4.95. The molecule has 20 heavy (non-hydrogen) atoms. The van der Waals surface area contributed by atoms with Crippen LogP contribution >= 0.6 is 0 Å². The molecule has 0 aliphatic rings. The van der Waals surface area contributed by atoms with Crippen molar-refractivity contribution in [3.8, 4) is 0 Å². The SMILES string of the molecule is CNC(=O)c1cn(CC(F)(F)F)c2ncccc2c1=O. The van der Waals surface area contributed by atoms with E-state index in [4.69, 9.17) is 0 Å². The molecule has 106 valence electrons. The van der Waals surface area contributed by atoms with Crippen LogP contribution in [0.15, 0.2) is 29.3 Å². The number of halogens is 3. The first-order valence-electron chi connectivity index (χ1n) is 5.60. The van der Waals surface area contributed by atoms with Crippen LogP contribution in [0.25, 0.3) is 11.0 Å². The lowest BCUT2D eigenvalue weighted by atomic mass is 10.2. The molecule has 2 heterocycles. The molecule has 0 atom stereocenters. The highest BCUT2D eigenvalue weighted by Crippen LogP contribution is 2.20. The third kappa shape index (κ3) is 2.63. The predicted molar refractivity (Wildman–Crippen MR) is 65.4 cm³/mol.